The molecule has 1 aliphatic rings. The van der Waals surface area contributed by atoms with E-state index >= 15 is 0 Å². The normalized spacial score (nSPS) is 26.3. The molecule has 3 nitrogen and oxygen atoms in total. The Morgan fingerprint density at radius 1 is 1.56 bits per heavy atom. The monoisotopic (exact) mass is 241 g/mol. The summed E-state index contributed by atoms with van der Waals surface area (Å²) in [6, 6.07) is 0.725. The van der Waals surface area contributed by atoms with Gasteiger partial charge in [0.15, 0.2) is 0 Å². The van der Waals surface area contributed by atoms with E-state index < -0.39 is 0 Å². The topological polar surface area (TPSA) is 29.9 Å². The molecule has 4 heteroatoms. The Morgan fingerprint density at radius 3 is 2.94 bits per heavy atom. The summed E-state index contributed by atoms with van der Waals surface area (Å²) in [5.41, 5.74) is 1.16. The molecule has 1 N–H and O–H groups in total. The maximum absolute atomic E-state index is 6.25. The van der Waals surface area contributed by atoms with E-state index in [4.69, 9.17) is 11.6 Å². The summed E-state index contributed by atoms with van der Waals surface area (Å²) in [4.78, 5) is 0. The minimum Gasteiger partial charge on any atom is -0.309 e. The van der Waals surface area contributed by atoms with Gasteiger partial charge in [0.1, 0.15) is 0 Å². The highest BCUT2D eigenvalue weighted by molar-refractivity contribution is 6.31. The van der Waals surface area contributed by atoms with E-state index in [0.717, 1.165) is 29.6 Å². The van der Waals surface area contributed by atoms with E-state index in [0.29, 0.717) is 12.1 Å². The van der Waals surface area contributed by atoms with Crippen LogP contribution in [-0.2, 0) is 0 Å². The third-order valence-corrected chi connectivity index (χ3v) is 3.56. The lowest BCUT2D eigenvalue weighted by molar-refractivity contribution is 0.307. The molecule has 0 saturated carbocycles. The van der Waals surface area contributed by atoms with Gasteiger partial charge in [-0.1, -0.05) is 18.5 Å². The van der Waals surface area contributed by atoms with Crippen LogP contribution in [0.3, 0.4) is 0 Å². The Balaban J connectivity index is 2.27. The standard InChI is InChI=1S/C12H20ClN3/c1-8(2)16-12(10(13)7-15-16)11-6-9(3)4-5-14-11/h7-9,11,14H,4-6H2,1-3H3. The van der Waals surface area contributed by atoms with Crippen LogP contribution in [0.15, 0.2) is 6.20 Å². The maximum Gasteiger partial charge on any atom is 0.0834 e. The van der Waals surface area contributed by atoms with E-state index in [1.54, 1.807) is 6.20 Å². The Bertz CT molecular complexity index is 359. The summed E-state index contributed by atoms with van der Waals surface area (Å²) in [5.74, 6) is 0.762. The number of nitrogens with one attached hydrogen (secondary N) is 1. The first-order valence-corrected chi connectivity index (χ1v) is 6.43. The molecule has 2 heterocycles. The molecule has 1 fully saturated rings. The second-order valence-electron chi connectivity index (χ2n) is 5.05. The zero-order valence-corrected chi connectivity index (χ0v) is 11.0. The number of hydrogen-bond donors (Lipinski definition) is 1. The first-order chi connectivity index (χ1) is 7.59. The van der Waals surface area contributed by atoms with Gasteiger partial charge < -0.3 is 5.32 Å². The molecule has 0 spiro atoms. The Labute approximate surface area is 102 Å². The van der Waals surface area contributed by atoms with Gasteiger partial charge in [0.2, 0.25) is 0 Å². The summed E-state index contributed by atoms with van der Waals surface area (Å²) < 4.78 is 2.04. The zero-order chi connectivity index (χ0) is 11.7. The first kappa shape index (κ1) is 11.9. The van der Waals surface area contributed by atoms with Crippen molar-refractivity contribution in [3.05, 3.63) is 16.9 Å². The molecule has 16 heavy (non-hydrogen) atoms. The Hall–Kier alpha value is -0.540. The van der Waals surface area contributed by atoms with Crippen molar-refractivity contribution < 1.29 is 0 Å². The minimum atomic E-state index is 0.362. The summed E-state index contributed by atoms with van der Waals surface area (Å²) in [7, 11) is 0. The van der Waals surface area contributed by atoms with Crippen molar-refractivity contribution in [2.24, 2.45) is 5.92 Å². The molecular formula is C12H20ClN3. The van der Waals surface area contributed by atoms with Crippen molar-refractivity contribution in [2.45, 2.75) is 45.7 Å². The summed E-state index contributed by atoms with van der Waals surface area (Å²) in [6.45, 7) is 7.65. The maximum atomic E-state index is 6.25. The molecule has 0 aromatic carbocycles. The second-order valence-corrected chi connectivity index (χ2v) is 5.46. The smallest absolute Gasteiger partial charge is 0.0834 e. The Kier molecular flexibility index (Phi) is 3.55. The fourth-order valence-corrected chi connectivity index (χ4v) is 2.67. The summed E-state index contributed by atoms with van der Waals surface area (Å²) in [5, 5.41) is 8.69. The molecule has 0 amide bonds. The molecule has 1 aromatic rings. The summed E-state index contributed by atoms with van der Waals surface area (Å²) in [6.07, 6.45) is 4.17. The summed E-state index contributed by atoms with van der Waals surface area (Å²) >= 11 is 6.25. The lowest BCUT2D eigenvalue weighted by Crippen LogP contribution is -2.32. The fourth-order valence-electron chi connectivity index (χ4n) is 2.40. The average Bonchev–Trinajstić information content (AvgIpc) is 2.60. The van der Waals surface area contributed by atoms with Crippen LogP contribution in [0.1, 0.15) is 51.4 Å². The number of nitrogens with zero attached hydrogens (tertiary/aromatic N) is 2. The van der Waals surface area contributed by atoms with E-state index in [-0.39, 0.29) is 0 Å². The van der Waals surface area contributed by atoms with Crippen LogP contribution in [0.2, 0.25) is 5.02 Å². The van der Waals surface area contributed by atoms with Gasteiger partial charge in [-0.05, 0) is 39.2 Å². The number of hydrogen-bond acceptors (Lipinski definition) is 2. The largest absolute Gasteiger partial charge is 0.309 e. The first-order valence-electron chi connectivity index (χ1n) is 6.06. The van der Waals surface area contributed by atoms with Crippen molar-refractivity contribution >= 4 is 11.6 Å². The van der Waals surface area contributed by atoms with E-state index in [9.17, 15) is 0 Å². The highest BCUT2D eigenvalue weighted by atomic mass is 35.5. The zero-order valence-electron chi connectivity index (χ0n) is 10.2. The second kappa shape index (κ2) is 4.76. The molecule has 2 atom stereocenters. The fraction of sp³-hybridized carbons (Fsp3) is 0.750. The lowest BCUT2D eigenvalue weighted by Gasteiger charge is -2.29. The SMILES string of the molecule is CC1CCNC(c2c(Cl)cnn2C(C)C)C1. The highest BCUT2D eigenvalue weighted by Gasteiger charge is 2.25. The quantitative estimate of drug-likeness (QED) is 0.862. The molecule has 2 rings (SSSR count). The molecule has 0 aliphatic carbocycles. The van der Waals surface area contributed by atoms with Gasteiger partial charge in [0.25, 0.3) is 0 Å². The Morgan fingerprint density at radius 2 is 2.31 bits per heavy atom. The van der Waals surface area contributed by atoms with Gasteiger partial charge in [0, 0.05) is 6.04 Å². The predicted molar refractivity (Wildman–Crippen MR) is 66.8 cm³/mol. The van der Waals surface area contributed by atoms with Gasteiger partial charge in [-0.3, -0.25) is 4.68 Å². The van der Waals surface area contributed by atoms with Gasteiger partial charge in [-0.15, -0.1) is 0 Å². The van der Waals surface area contributed by atoms with Crippen LogP contribution >= 0.6 is 11.6 Å². The predicted octanol–water partition coefficient (Wildman–Crippen LogP) is 3.18. The third-order valence-electron chi connectivity index (χ3n) is 3.27. The van der Waals surface area contributed by atoms with Gasteiger partial charge in [0.05, 0.1) is 23.0 Å². The van der Waals surface area contributed by atoms with Crippen molar-refractivity contribution in [2.75, 3.05) is 6.54 Å². The van der Waals surface area contributed by atoms with Gasteiger partial charge in [-0.25, -0.2) is 0 Å². The van der Waals surface area contributed by atoms with Gasteiger partial charge >= 0.3 is 0 Å². The van der Waals surface area contributed by atoms with Crippen LogP contribution in [0.4, 0.5) is 0 Å². The average molecular weight is 242 g/mol. The number of aromatic nitrogens is 2. The number of piperidine rings is 1. The van der Waals surface area contributed by atoms with Crippen LogP contribution in [0, 0.1) is 5.92 Å². The van der Waals surface area contributed by atoms with Crippen LogP contribution < -0.4 is 5.32 Å². The van der Waals surface area contributed by atoms with Crippen LogP contribution in [-0.4, -0.2) is 16.3 Å². The molecule has 1 aromatic heterocycles. The van der Waals surface area contributed by atoms with E-state index in [2.05, 4.69) is 31.2 Å². The van der Waals surface area contributed by atoms with Crippen molar-refractivity contribution in [1.29, 1.82) is 0 Å². The number of rotatable bonds is 2. The van der Waals surface area contributed by atoms with Crippen molar-refractivity contribution in [3.8, 4) is 0 Å². The molecule has 0 radical (unpaired) electrons. The van der Waals surface area contributed by atoms with E-state index in [1.807, 2.05) is 4.68 Å². The number of halogens is 1. The molecule has 1 saturated heterocycles. The lowest BCUT2D eigenvalue weighted by atomic mass is 9.92. The molecular weight excluding hydrogens is 222 g/mol. The molecule has 1 aliphatic heterocycles. The molecule has 2 unspecified atom stereocenters. The third kappa shape index (κ3) is 2.25. The molecule has 0 bridgehead atoms. The van der Waals surface area contributed by atoms with E-state index in [1.165, 1.54) is 6.42 Å². The molecule has 90 valence electrons. The van der Waals surface area contributed by atoms with Gasteiger partial charge in [-0.2, -0.15) is 5.10 Å². The highest BCUT2D eigenvalue weighted by Crippen LogP contribution is 2.32. The van der Waals surface area contributed by atoms with Crippen LogP contribution in [0.25, 0.3) is 0 Å². The van der Waals surface area contributed by atoms with Crippen molar-refractivity contribution in [3.63, 3.8) is 0 Å². The van der Waals surface area contributed by atoms with Crippen molar-refractivity contribution in [1.82, 2.24) is 15.1 Å². The van der Waals surface area contributed by atoms with Crippen LogP contribution in [0.5, 0.6) is 0 Å². The minimum absolute atomic E-state index is 0.362.